The molecule has 0 saturated carbocycles. The van der Waals surface area contributed by atoms with Gasteiger partial charge < -0.3 is 14.8 Å². The smallest absolute Gasteiger partial charge is 0.235 e. The van der Waals surface area contributed by atoms with Gasteiger partial charge in [0.05, 0.1) is 19.6 Å². The number of benzene rings is 2. The van der Waals surface area contributed by atoms with Crippen LogP contribution in [0.5, 0.6) is 11.5 Å². The second-order valence-electron chi connectivity index (χ2n) is 7.08. The summed E-state index contributed by atoms with van der Waals surface area (Å²) in [4.78, 5) is 15.1. The molecule has 1 spiro atoms. The molecule has 0 aromatic heterocycles. The number of para-hydroxylation sites is 1. The number of methoxy groups -OCH3 is 2. The molecular formula is C21H24N2O3. The van der Waals surface area contributed by atoms with Gasteiger partial charge in [-0.3, -0.25) is 9.69 Å². The first-order valence-corrected chi connectivity index (χ1v) is 9.00. The molecule has 2 aliphatic heterocycles. The Kier molecular flexibility index (Phi) is 4.32. The summed E-state index contributed by atoms with van der Waals surface area (Å²) in [6.07, 6.45) is 1.69. The van der Waals surface area contributed by atoms with E-state index in [1.165, 1.54) is 0 Å². The summed E-state index contributed by atoms with van der Waals surface area (Å²) in [5, 5.41) is 3.06. The number of carbonyl (C=O) groups is 1. The number of hydrogen-bond donors (Lipinski definition) is 1. The lowest BCUT2D eigenvalue weighted by Gasteiger charge is -2.38. The lowest BCUT2D eigenvalue weighted by molar-refractivity contribution is -0.122. The van der Waals surface area contributed by atoms with Crippen molar-refractivity contribution in [3.8, 4) is 11.5 Å². The first kappa shape index (κ1) is 16.9. The monoisotopic (exact) mass is 352 g/mol. The third kappa shape index (κ3) is 2.82. The van der Waals surface area contributed by atoms with E-state index in [2.05, 4.69) is 16.3 Å². The van der Waals surface area contributed by atoms with E-state index in [-0.39, 0.29) is 11.3 Å². The maximum atomic E-state index is 12.7. The second-order valence-corrected chi connectivity index (χ2v) is 7.08. The van der Waals surface area contributed by atoms with E-state index >= 15 is 0 Å². The second kappa shape index (κ2) is 6.65. The molecule has 0 unspecified atom stereocenters. The Bertz CT molecular complexity index is 804. The fraction of sp³-hybridized carbons (Fsp3) is 0.381. The highest BCUT2D eigenvalue weighted by atomic mass is 16.5. The SMILES string of the molecule is COc1cc(CN2CCC3(CC2)C(=O)Nc2ccccc23)cc(OC)c1. The third-order valence-electron chi connectivity index (χ3n) is 5.65. The summed E-state index contributed by atoms with van der Waals surface area (Å²) in [5.41, 5.74) is 2.93. The number of anilines is 1. The average Bonchev–Trinajstić information content (AvgIpc) is 2.95. The van der Waals surface area contributed by atoms with E-state index < -0.39 is 0 Å². The Balaban J connectivity index is 1.49. The van der Waals surface area contributed by atoms with Crippen LogP contribution in [0, 0.1) is 0 Å². The molecule has 0 radical (unpaired) electrons. The van der Waals surface area contributed by atoms with Crippen molar-refractivity contribution in [3.05, 3.63) is 53.6 Å². The van der Waals surface area contributed by atoms with Crippen molar-refractivity contribution in [1.82, 2.24) is 4.90 Å². The van der Waals surface area contributed by atoms with Crippen molar-refractivity contribution in [3.63, 3.8) is 0 Å². The van der Waals surface area contributed by atoms with Crippen LogP contribution in [-0.2, 0) is 16.8 Å². The maximum Gasteiger partial charge on any atom is 0.235 e. The third-order valence-corrected chi connectivity index (χ3v) is 5.65. The van der Waals surface area contributed by atoms with Gasteiger partial charge >= 0.3 is 0 Å². The summed E-state index contributed by atoms with van der Waals surface area (Å²) in [6, 6.07) is 14.1. The van der Waals surface area contributed by atoms with Gasteiger partial charge in [-0.05, 0) is 55.3 Å². The van der Waals surface area contributed by atoms with E-state index in [0.29, 0.717) is 0 Å². The Morgan fingerprint density at radius 1 is 1.04 bits per heavy atom. The molecule has 0 bridgehead atoms. The highest BCUT2D eigenvalue weighted by Crippen LogP contribution is 2.44. The highest BCUT2D eigenvalue weighted by Gasteiger charge is 2.48. The fourth-order valence-electron chi connectivity index (χ4n) is 4.18. The van der Waals surface area contributed by atoms with Gasteiger partial charge in [-0.15, -0.1) is 0 Å². The molecule has 1 saturated heterocycles. The van der Waals surface area contributed by atoms with Crippen molar-refractivity contribution in [2.45, 2.75) is 24.8 Å². The molecule has 1 amide bonds. The van der Waals surface area contributed by atoms with E-state index in [1.807, 2.05) is 36.4 Å². The largest absolute Gasteiger partial charge is 0.497 e. The van der Waals surface area contributed by atoms with Crippen molar-refractivity contribution < 1.29 is 14.3 Å². The molecule has 136 valence electrons. The molecule has 2 aliphatic rings. The van der Waals surface area contributed by atoms with Gasteiger partial charge in [0.15, 0.2) is 0 Å². The summed E-state index contributed by atoms with van der Waals surface area (Å²) in [6.45, 7) is 2.61. The van der Waals surface area contributed by atoms with Crippen LogP contribution in [0.25, 0.3) is 0 Å². The highest BCUT2D eigenvalue weighted by molar-refractivity contribution is 6.06. The van der Waals surface area contributed by atoms with Gasteiger partial charge in [-0.25, -0.2) is 0 Å². The zero-order valence-electron chi connectivity index (χ0n) is 15.2. The van der Waals surface area contributed by atoms with E-state index in [9.17, 15) is 4.79 Å². The number of rotatable bonds is 4. The summed E-state index contributed by atoms with van der Waals surface area (Å²) in [5.74, 6) is 1.76. The summed E-state index contributed by atoms with van der Waals surface area (Å²) < 4.78 is 10.7. The number of fused-ring (bicyclic) bond motifs is 2. The van der Waals surface area contributed by atoms with Crippen molar-refractivity contribution in [2.24, 2.45) is 0 Å². The van der Waals surface area contributed by atoms with Crippen molar-refractivity contribution >= 4 is 11.6 Å². The van der Waals surface area contributed by atoms with Crippen LogP contribution >= 0.6 is 0 Å². The van der Waals surface area contributed by atoms with E-state index in [4.69, 9.17) is 9.47 Å². The zero-order valence-corrected chi connectivity index (χ0v) is 15.2. The molecule has 26 heavy (non-hydrogen) atoms. The quantitative estimate of drug-likeness (QED) is 0.918. The van der Waals surface area contributed by atoms with Gasteiger partial charge in [0.1, 0.15) is 11.5 Å². The summed E-state index contributed by atoms with van der Waals surface area (Å²) in [7, 11) is 3.33. The maximum absolute atomic E-state index is 12.7. The topological polar surface area (TPSA) is 50.8 Å². The summed E-state index contributed by atoms with van der Waals surface area (Å²) >= 11 is 0. The normalized spacial score (nSPS) is 18.5. The number of hydrogen-bond acceptors (Lipinski definition) is 4. The molecule has 5 heteroatoms. The van der Waals surface area contributed by atoms with Crippen LogP contribution in [0.3, 0.4) is 0 Å². The molecule has 0 aliphatic carbocycles. The number of ether oxygens (including phenoxy) is 2. The van der Waals surface area contributed by atoms with Crippen molar-refractivity contribution in [2.75, 3.05) is 32.6 Å². The predicted molar refractivity (Wildman–Crippen MR) is 101 cm³/mol. The zero-order chi connectivity index (χ0) is 18.1. The minimum Gasteiger partial charge on any atom is -0.497 e. The number of carbonyl (C=O) groups excluding carboxylic acids is 1. The van der Waals surface area contributed by atoms with Crippen LogP contribution in [-0.4, -0.2) is 38.1 Å². The van der Waals surface area contributed by atoms with E-state index in [1.54, 1.807) is 14.2 Å². The van der Waals surface area contributed by atoms with Gasteiger partial charge in [0.2, 0.25) is 5.91 Å². The van der Waals surface area contributed by atoms with Crippen molar-refractivity contribution in [1.29, 1.82) is 0 Å². The molecule has 2 aromatic rings. The minimum atomic E-state index is -0.362. The van der Waals surface area contributed by atoms with Crippen LogP contribution in [0.4, 0.5) is 5.69 Å². The van der Waals surface area contributed by atoms with Gasteiger partial charge in [0.25, 0.3) is 0 Å². The molecule has 1 N–H and O–H groups in total. The molecule has 0 atom stereocenters. The number of nitrogens with zero attached hydrogens (tertiary/aromatic N) is 1. The molecule has 2 aromatic carbocycles. The molecule has 1 fully saturated rings. The average molecular weight is 352 g/mol. The Morgan fingerprint density at radius 3 is 2.35 bits per heavy atom. The lowest BCUT2D eigenvalue weighted by Crippen LogP contribution is -2.46. The lowest BCUT2D eigenvalue weighted by atomic mass is 9.73. The molecular weight excluding hydrogens is 328 g/mol. The minimum absolute atomic E-state index is 0.154. The molecule has 5 nitrogen and oxygen atoms in total. The molecule has 2 heterocycles. The number of amides is 1. The van der Waals surface area contributed by atoms with Crippen LogP contribution in [0.1, 0.15) is 24.0 Å². The Morgan fingerprint density at radius 2 is 1.69 bits per heavy atom. The van der Waals surface area contributed by atoms with E-state index in [0.717, 1.165) is 60.8 Å². The van der Waals surface area contributed by atoms with Crippen LogP contribution in [0.15, 0.2) is 42.5 Å². The van der Waals surface area contributed by atoms with Crippen LogP contribution < -0.4 is 14.8 Å². The standard InChI is InChI=1S/C21H24N2O3/c1-25-16-11-15(12-17(13-16)26-2)14-23-9-7-21(8-10-23)18-5-3-4-6-19(18)22-20(21)24/h3-6,11-13H,7-10,14H2,1-2H3,(H,22,24). The van der Waals surface area contributed by atoms with Gasteiger partial charge in [-0.2, -0.15) is 0 Å². The Hall–Kier alpha value is -2.53. The first-order chi connectivity index (χ1) is 12.6. The van der Waals surface area contributed by atoms with Crippen LogP contribution in [0.2, 0.25) is 0 Å². The predicted octanol–water partition coefficient (Wildman–Crippen LogP) is 3.19. The van der Waals surface area contributed by atoms with Gasteiger partial charge in [-0.1, -0.05) is 18.2 Å². The number of nitrogens with one attached hydrogen (secondary N) is 1. The fourth-order valence-corrected chi connectivity index (χ4v) is 4.18. The molecule has 4 rings (SSSR count). The Labute approximate surface area is 153 Å². The number of likely N-dealkylation sites (tertiary alicyclic amines) is 1. The number of piperidine rings is 1. The first-order valence-electron chi connectivity index (χ1n) is 9.00. The van der Waals surface area contributed by atoms with Gasteiger partial charge in [0, 0.05) is 18.3 Å².